The second-order valence-electron chi connectivity index (χ2n) is 11.2. The standard InChI is InChI=1S/C26H39NO5S/c1-17-18(2)24(19(3)21-10-11-25(4,5)32-23(17)21)33(30,31)27-14-12-26(13-15-27,16-22(28)29)20-8-6-7-9-20/h20H,6-16H2,1-5H3,(H,28,29). The number of piperidine rings is 1. The number of fused-ring (bicyclic) bond motifs is 1. The number of carboxylic acid groups (broad SMARTS) is 1. The first-order chi connectivity index (χ1) is 15.4. The summed E-state index contributed by atoms with van der Waals surface area (Å²) in [6, 6.07) is 0. The fourth-order valence-corrected chi connectivity index (χ4v) is 8.58. The van der Waals surface area contributed by atoms with Gasteiger partial charge in [0.25, 0.3) is 0 Å². The Morgan fingerprint density at radius 1 is 1.03 bits per heavy atom. The minimum absolute atomic E-state index is 0.148. The average Bonchev–Trinajstić information content (AvgIpc) is 3.27. The number of nitrogens with zero attached hydrogens (tertiary/aromatic N) is 1. The van der Waals surface area contributed by atoms with Gasteiger partial charge in [0.05, 0.1) is 11.3 Å². The first-order valence-corrected chi connectivity index (χ1v) is 13.9. The van der Waals surface area contributed by atoms with Gasteiger partial charge in [-0.3, -0.25) is 4.79 Å². The predicted molar refractivity (Wildman–Crippen MR) is 128 cm³/mol. The van der Waals surface area contributed by atoms with Crippen LogP contribution in [0.2, 0.25) is 0 Å². The van der Waals surface area contributed by atoms with E-state index in [0.717, 1.165) is 66.5 Å². The lowest BCUT2D eigenvalue weighted by molar-refractivity contribution is -0.141. The van der Waals surface area contributed by atoms with Crippen LogP contribution in [0, 0.1) is 32.1 Å². The largest absolute Gasteiger partial charge is 0.487 e. The highest BCUT2D eigenvalue weighted by Crippen LogP contribution is 2.50. The molecule has 0 aromatic heterocycles. The number of hydrogen-bond acceptors (Lipinski definition) is 4. The summed E-state index contributed by atoms with van der Waals surface area (Å²) in [5.41, 5.74) is 2.97. The van der Waals surface area contributed by atoms with E-state index >= 15 is 0 Å². The van der Waals surface area contributed by atoms with Crippen LogP contribution in [0.5, 0.6) is 5.75 Å². The third kappa shape index (κ3) is 4.31. The van der Waals surface area contributed by atoms with E-state index in [0.29, 0.717) is 36.7 Å². The number of aliphatic carboxylic acids is 1. The Morgan fingerprint density at radius 2 is 1.64 bits per heavy atom. The van der Waals surface area contributed by atoms with Gasteiger partial charge in [0.2, 0.25) is 10.0 Å². The molecular weight excluding hydrogens is 438 g/mol. The van der Waals surface area contributed by atoms with Gasteiger partial charge in [-0.15, -0.1) is 0 Å². The molecule has 184 valence electrons. The summed E-state index contributed by atoms with van der Waals surface area (Å²) < 4.78 is 35.7. The van der Waals surface area contributed by atoms with Crippen molar-refractivity contribution >= 4 is 16.0 Å². The second kappa shape index (κ2) is 8.56. The quantitative estimate of drug-likeness (QED) is 0.634. The first-order valence-electron chi connectivity index (χ1n) is 12.4. The summed E-state index contributed by atoms with van der Waals surface area (Å²) in [6.45, 7) is 10.7. The van der Waals surface area contributed by atoms with E-state index < -0.39 is 16.0 Å². The molecule has 2 fully saturated rings. The van der Waals surface area contributed by atoms with Crippen LogP contribution in [0.3, 0.4) is 0 Å². The number of carboxylic acids is 1. The fourth-order valence-electron chi connectivity index (χ4n) is 6.60. The molecule has 1 aromatic rings. The molecule has 3 aliphatic rings. The van der Waals surface area contributed by atoms with E-state index in [2.05, 4.69) is 13.8 Å². The molecule has 1 aromatic carbocycles. The molecule has 1 saturated heterocycles. The maximum atomic E-state index is 13.9. The van der Waals surface area contributed by atoms with E-state index in [1.165, 1.54) is 0 Å². The van der Waals surface area contributed by atoms with Gasteiger partial charge in [-0.2, -0.15) is 4.31 Å². The van der Waals surface area contributed by atoms with E-state index in [9.17, 15) is 18.3 Å². The van der Waals surface area contributed by atoms with E-state index in [1.54, 1.807) is 4.31 Å². The van der Waals surface area contributed by atoms with Crippen molar-refractivity contribution in [2.24, 2.45) is 11.3 Å². The van der Waals surface area contributed by atoms with Gasteiger partial charge in [-0.1, -0.05) is 12.8 Å². The lowest BCUT2D eigenvalue weighted by atomic mass is 9.66. The Labute approximate surface area is 198 Å². The van der Waals surface area contributed by atoms with Gasteiger partial charge in [0.15, 0.2) is 0 Å². The zero-order valence-corrected chi connectivity index (χ0v) is 21.6. The van der Waals surface area contributed by atoms with Crippen molar-refractivity contribution in [1.29, 1.82) is 0 Å². The molecular formula is C26H39NO5S. The van der Waals surface area contributed by atoms with Crippen LogP contribution < -0.4 is 4.74 Å². The van der Waals surface area contributed by atoms with Crippen LogP contribution >= 0.6 is 0 Å². The molecule has 0 spiro atoms. The molecule has 2 heterocycles. The molecule has 0 unspecified atom stereocenters. The maximum Gasteiger partial charge on any atom is 0.303 e. The second-order valence-corrected chi connectivity index (χ2v) is 13.1. The van der Waals surface area contributed by atoms with E-state index in [-0.39, 0.29) is 17.4 Å². The molecule has 1 N–H and O–H groups in total. The number of sulfonamides is 1. The zero-order chi connectivity index (χ0) is 24.2. The van der Waals surface area contributed by atoms with Crippen molar-refractivity contribution in [1.82, 2.24) is 4.31 Å². The van der Waals surface area contributed by atoms with Crippen LogP contribution in [0.1, 0.15) is 87.5 Å². The maximum absolute atomic E-state index is 13.9. The van der Waals surface area contributed by atoms with Crippen molar-refractivity contribution < 1.29 is 23.1 Å². The molecule has 1 saturated carbocycles. The molecule has 7 heteroatoms. The predicted octanol–water partition coefficient (Wildman–Crippen LogP) is 5.15. The smallest absolute Gasteiger partial charge is 0.303 e. The average molecular weight is 478 g/mol. The molecule has 1 aliphatic carbocycles. The number of ether oxygens (including phenoxy) is 1. The number of hydrogen-bond donors (Lipinski definition) is 1. The topological polar surface area (TPSA) is 83.9 Å². The summed E-state index contributed by atoms with van der Waals surface area (Å²) in [5.74, 6) is 0.479. The monoisotopic (exact) mass is 477 g/mol. The zero-order valence-electron chi connectivity index (χ0n) is 20.8. The Bertz CT molecular complexity index is 1050. The Balaban J connectivity index is 1.65. The SMILES string of the molecule is Cc1c(C)c(S(=O)(=O)N2CCC(CC(=O)O)(C3CCCC3)CC2)c(C)c2c1OC(C)(C)CC2. The molecule has 4 rings (SSSR count). The van der Waals surface area contributed by atoms with Gasteiger partial charge >= 0.3 is 5.97 Å². The van der Waals surface area contributed by atoms with Crippen molar-refractivity contribution in [2.75, 3.05) is 13.1 Å². The van der Waals surface area contributed by atoms with Crippen molar-refractivity contribution in [3.8, 4) is 5.75 Å². The van der Waals surface area contributed by atoms with Gasteiger partial charge < -0.3 is 9.84 Å². The van der Waals surface area contributed by atoms with E-state index in [1.807, 2.05) is 20.8 Å². The normalized spacial score (nSPS) is 23.2. The highest BCUT2D eigenvalue weighted by molar-refractivity contribution is 7.89. The minimum Gasteiger partial charge on any atom is -0.487 e. The first kappa shape index (κ1) is 24.5. The summed E-state index contributed by atoms with van der Waals surface area (Å²) in [4.78, 5) is 12.1. The Kier molecular flexibility index (Phi) is 6.36. The molecule has 0 atom stereocenters. The number of rotatable bonds is 5. The van der Waals surface area contributed by atoms with Gasteiger partial charge in [0.1, 0.15) is 11.4 Å². The van der Waals surface area contributed by atoms with Crippen LogP contribution in [0.25, 0.3) is 0 Å². The van der Waals surface area contributed by atoms with Crippen LogP contribution in [0.4, 0.5) is 0 Å². The van der Waals surface area contributed by atoms with Gasteiger partial charge in [0, 0.05) is 13.1 Å². The van der Waals surface area contributed by atoms with E-state index in [4.69, 9.17) is 4.74 Å². The van der Waals surface area contributed by atoms with Crippen LogP contribution in [-0.2, 0) is 21.2 Å². The van der Waals surface area contributed by atoms with Gasteiger partial charge in [-0.25, -0.2) is 8.42 Å². The molecule has 0 radical (unpaired) electrons. The van der Waals surface area contributed by atoms with Gasteiger partial charge in [-0.05, 0) is 107 Å². The van der Waals surface area contributed by atoms with Crippen LogP contribution in [0.15, 0.2) is 4.90 Å². The minimum atomic E-state index is -3.68. The third-order valence-electron chi connectivity index (χ3n) is 8.71. The van der Waals surface area contributed by atoms with Crippen molar-refractivity contribution in [2.45, 2.75) is 103 Å². The van der Waals surface area contributed by atoms with Crippen molar-refractivity contribution in [3.63, 3.8) is 0 Å². The summed E-state index contributed by atoms with van der Waals surface area (Å²) in [6.07, 6.45) is 7.50. The summed E-state index contributed by atoms with van der Waals surface area (Å²) >= 11 is 0. The molecule has 33 heavy (non-hydrogen) atoms. The lowest BCUT2D eigenvalue weighted by Gasteiger charge is -2.45. The molecule has 0 amide bonds. The highest BCUT2D eigenvalue weighted by Gasteiger charge is 2.46. The third-order valence-corrected chi connectivity index (χ3v) is 10.9. The summed E-state index contributed by atoms with van der Waals surface area (Å²) in [7, 11) is -3.68. The summed E-state index contributed by atoms with van der Waals surface area (Å²) in [5, 5.41) is 9.60. The molecule has 2 aliphatic heterocycles. The molecule has 6 nitrogen and oxygen atoms in total. The Hall–Kier alpha value is -1.60. The van der Waals surface area contributed by atoms with Crippen LogP contribution in [-0.4, -0.2) is 42.5 Å². The Morgan fingerprint density at radius 3 is 2.21 bits per heavy atom. The molecule has 0 bridgehead atoms. The van der Waals surface area contributed by atoms with Crippen molar-refractivity contribution in [3.05, 3.63) is 22.3 Å². The lowest BCUT2D eigenvalue weighted by Crippen LogP contribution is -2.47. The number of carbonyl (C=O) groups is 1. The fraction of sp³-hybridized carbons (Fsp3) is 0.731. The highest BCUT2D eigenvalue weighted by atomic mass is 32.2. The number of benzene rings is 1.